The van der Waals surface area contributed by atoms with Crippen molar-refractivity contribution in [2.75, 3.05) is 31.6 Å². The Hall–Kier alpha value is -2.45. The van der Waals surface area contributed by atoms with Crippen LogP contribution in [0.25, 0.3) is 11.1 Å². The van der Waals surface area contributed by atoms with E-state index in [1.54, 1.807) is 22.4 Å². The minimum Gasteiger partial charge on any atom is -0.477 e. The van der Waals surface area contributed by atoms with Gasteiger partial charge in [-0.3, -0.25) is 0 Å². The largest absolute Gasteiger partial charge is 0.477 e. The number of nitrogens with one attached hydrogen (secondary N) is 1. The Balaban J connectivity index is 1.92. The first-order valence-electron chi connectivity index (χ1n) is 7.30. The van der Waals surface area contributed by atoms with Crippen LogP contribution in [0, 0.1) is 5.82 Å². The Bertz CT molecular complexity index is 754. The number of aromatic carboxylic acids is 1. The smallest absolute Gasteiger partial charge is 0.348 e. The van der Waals surface area contributed by atoms with E-state index in [-0.39, 0.29) is 22.4 Å². The van der Waals surface area contributed by atoms with Gasteiger partial charge >= 0.3 is 12.0 Å². The van der Waals surface area contributed by atoms with Crippen LogP contribution >= 0.6 is 11.3 Å². The van der Waals surface area contributed by atoms with Gasteiger partial charge in [0, 0.05) is 24.0 Å². The lowest BCUT2D eigenvalue weighted by molar-refractivity contribution is 0.0564. The van der Waals surface area contributed by atoms with Crippen molar-refractivity contribution < 1.29 is 23.8 Å². The van der Waals surface area contributed by atoms with Crippen molar-refractivity contribution >= 4 is 29.0 Å². The zero-order valence-electron chi connectivity index (χ0n) is 12.6. The predicted octanol–water partition coefficient (Wildman–Crippen LogP) is 3.12. The first kappa shape index (κ1) is 16.4. The van der Waals surface area contributed by atoms with Crippen LogP contribution in [0.4, 0.5) is 14.9 Å². The molecule has 1 aromatic heterocycles. The molecule has 8 heteroatoms. The molecule has 1 aliphatic heterocycles. The zero-order chi connectivity index (χ0) is 17.1. The highest BCUT2D eigenvalue weighted by atomic mass is 32.1. The number of rotatable bonds is 3. The third-order valence-corrected chi connectivity index (χ3v) is 4.64. The fourth-order valence-electron chi connectivity index (χ4n) is 2.43. The van der Waals surface area contributed by atoms with Crippen LogP contribution in [-0.2, 0) is 4.74 Å². The van der Waals surface area contributed by atoms with Gasteiger partial charge < -0.3 is 20.1 Å². The van der Waals surface area contributed by atoms with Crippen molar-refractivity contribution in [3.63, 3.8) is 0 Å². The molecule has 1 aromatic carbocycles. The minimum atomic E-state index is -1.12. The molecule has 2 aromatic rings. The van der Waals surface area contributed by atoms with Crippen molar-refractivity contribution in [1.29, 1.82) is 0 Å². The molecular weight excluding hydrogens is 335 g/mol. The molecule has 0 spiro atoms. The quantitative estimate of drug-likeness (QED) is 0.891. The van der Waals surface area contributed by atoms with Gasteiger partial charge in [0.25, 0.3) is 0 Å². The summed E-state index contributed by atoms with van der Waals surface area (Å²) in [5, 5.41) is 13.7. The molecule has 1 fully saturated rings. The van der Waals surface area contributed by atoms with Crippen LogP contribution in [0.15, 0.2) is 29.6 Å². The van der Waals surface area contributed by atoms with Crippen LogP contribution in [0.3, 0.4) is 0 Å². The van der Waals surface area contributed by atoms with E-state index in [0.29, 0.717) is 37.4 Å². The number of anilines is 1. The highest BCUT2D eigenvalue weighted by Gasteiger charge is 2.23. The zero-order valence-corrected chi connectivity index (χ0v) is 13.4. The van der Waals surface area contributed by atoms with Crippen LogP contribution in [-0.4, -0.2) is 48.3 Å². The van der Waals surface area contributed by atoms with Crippen LogP contribution in [0.1, 0.15) is 9.67 Å². The van der Waals surface area contributed by atoms with Gasteiger partial charge in [0.2, 0.25) is 0 Å². The molecule has 0 atom stereocenters. The number of hydrogen-bond donors (Lipinski definition) is 2. The summed E-state index contributed by atoms with van der Waals surface area (Å²) in [6, 6.07) is 5.31. The van der Waals surface area contributed by atoms with E-state index in [2.05, 4.69) is 5.32 Å². The number of nitrogens with zero attached hydrogens (tertiary/aromatic N) is 1. The molecule has 1 saturated heterocycles. The molecule has 2 heterocycles. The minimum absolute atomic E-state index is 0.0379. The summed E-state index contributed by atoms with van der Waals surface area (Å²) in [7, 11) is 0. The van der Waals surface area contributed by atoms with E-state index in [9.17, 15) is 19.1 Å². The summed E-state index contributed by atoms with van der Waals surface area (Å²) in [6.45, 7) is 1.80. The number of ether oxygens (including phenoxy) is 1. The molecule has 0 bridgehead atoms. The van der Waals surface area contributed by atoms with Gasteiger partial charge in [-0.15, -0.1) is 11.3 Å². The number of benzene rings is 1. The Kier molecular flexibility index (Phi) is 4.77. The number of halogens is 1. The number of carboxylic acids is 1. The lowest BCUT2D eigenvalue weighted by Gasteiger charge is -2.27. The topological polar surface area (TPSA) is 78.9 Å². The molecule has 0 unspecified atom stereocenters. The van der Waals surface area contributed by atoms with E-state index in [1.807, 2.05) is 0 Å². The van der Waals surface area contributed by atoms with E-state index in [1.165, 1.54) is 12.1 Å². The fraction of sp³-hybridized carbons (Fsp3) is 0.250. The normalized spacial score (nSPS) is 14.5. The van der Waals surface area contributed by atoms with Gasteiger partial charge in [-0.25, -0.2) is 14.0 Å². The van der Waals surface area contributed by atoms with Gasteiger partial charge in [0.05, 0.1) is 18.9 Å². The first-order valence-corrected chi connectivity index (χ1v) is 8.18. The van der Waals surface area contributed by atoms with Crippen molar-refractivity contribution in [3.8, 4) is 11.1 Å². The maximum atomic E-state index is 13.1. The van der Waals surface area contributed by atoms with Crippen LogP contribution < -0.4 is 5.32 Å². The first-order chi connectivity index (χ1) is 11.6. The van der Waals surface area contributed by atoms with Gasteiger partial charge in [-0.2, -0.15) is 0 Å². The average Bonchev–Trinajstić information content (AvgIpc) is 3.00. The van der Waals surface area contributed by atoms with Crippen molar-refractivity contribution in [3.05, 3.63) is 40.3 Å². The maximum Gasteiger partial charge on any atom is 0.348 e. The average molecular weight is 350 g/mol. The standard InChI is InChI=1S/C16H15FN2O4S/c17-11-3-1-10(2-4-11)12-9-24-14(15(20)21)13(12)18-16(22)19-5-7-23-8-6-19/h1-4,9H,5-8H2,(H,18,22)(H,20,21). The summed E-state index contributed by atoms with van der Waals surface area (Å²) < 4.78 is 18.3. The van der Waals surface area contributed by atoms with Gasteiger partial charge in [0.15, 0.2) is 0 Å². The summed E-state index contributed by atoms with van der Waals surface area (Å²) in [5.74, 6) is -1.50. The van der Waals surface area contributed by atoms with E-state index in [0.717, 1.165) is 11.3 Å². The Morgan fingerprint density at radius 3 is 2.50 bits per heavy atom. The second kappa shape index (κ2) is 6.98. The van der Waals surface area contributed by atoms with Gasteiger partial charge in [0.1, 0.15) is 10.7 Å². The Morgan fingerprint density at radius 1 is 1.21 bits per heavy atom. The number of carbonyl (C=O) groups excluding carboxylic acids is 1. The summed E-state index contributed by atoms with van der Waals surface area (Å²) in [4.78, 5) is 25.4. The molecule has 126 valence electrons. The van der Waals surface area contributed by atoms with Crippen LogP contribution in [0.5, 0.6) is 0 Å². The molecule has 24 heavy (non-hydrogen) atoms. The number of carbonyl (C=O) groups is 2. The second-order valence-corrected chi connectivity index (χ2v) is 6.07. The fourth-order valence-corrected chi connectivity index (χ4v) is 3.30. The number of urea groups is 1. The molecule has 0 aliphatic carbocycles. The van der Waals surface area contributed by atoms with Gasteiger partial charge in [-0.1, -0.05) is 12.1 Å². The third kappa shape index (κ3) is 3.39. The van der Waals surface area contributed by atoms with E-state index in [4.69, 9.17) is 4.74 Å². The van der Waals surface area contributed by atoms with Crippen LogP contribution in [0.2, 0.25) is 0 Å². The Morgan fingerprint density at radius 2 is 1.88 bits per heavy atom. The molecule has 0 radical (unpaired) electrons. The lowest BCUT2D eigenvalue weighted by atomic mass is 10.1. The molecule has 3 rings (SSSR count). The number of hydrogen-bond acceptors (Lipinski definition) is 4. The van der Waals surface area contributed by atoms with E-state index >= 15 is 0 Å². The number of thiophene rings is 1. The number of morpholine rings is 1. The van der Waals surface area contributed by atoms with Crippen molar-refractivity contribution in [1.82, 2.24) is 4.90 Å². The maximum absolute atomic E-state index is 13.1. The van der Waals surface area contributed by atoms with E-state index < -0.39 is 5.97 Å². The third-order valence-electron chi connectivity index (χ3n) is 3.67. The highest BCUT2D eigenvalue weighted by Crippen LogP contribution is 2.36. The monoisotopic (exact) mass is 350 g/mol. The summed E-state index contributed by atoms with van der Waals surface area (Å²) >= 11 is 1.02. The summed E-state index contributed by atoms with van der Waals surface area (Å²) in [6.07, 6.45) is 0. The molecule has 1 aliphatic rings. The lowest BCUT2D eigenvalue weighted by Crippen LogP contribution is -2.43. The predicted molar refractivity (Wildman–Crippen MR) is 88.1 cm³/mol. The molecule has 2 N–H and O–H groups in total. The number of amides is 2. The molecular formula is C16H15FN2O4S. The van der Waals surface area contributed by atoms with Crippen molar-refractivity contribution in [2.45, 2.75) is 0 Å². The second-order valence-electron chi connectivity index (χ2n) is 5.20. The molecule has 6 nitrogen and oxygen atoms in total. The molecule has 0 saturated carbocycles. The SMILES string of the molecule is O=C(O)c1scc(-c2ccc(F)cc2)c1NC(=O)N1CCOCC1. The summed E-state index contributed by atoms with van der Waals surface area (Å²) in [5.41, 5.74) is 1.42. The highest BCUT2D eigenvalue weighted by molar-refractivity contribution is 7.13. The Labute approximate surface area is 141 Å². The van der Waals surface area contributed by atoms with Gasteiger partial charge in [-0.05, 0) is 17.7 Å². The molecule has 2 amide bonds. The number of carboxylic acid groups (broad SMARTS) is 1. The van der Waals surface area contributed by atoms with Crippen molar-refractivity contribution in [2.24, 2.45) is 0 Å².